The third-order valence-electron chi connectivity index (χ3n) is 4.92. The van der Waals surface area contributed by atoms with E-state index in [4.69, 9.17) is 5.73 Å². The molecule has 8 nitrogen and oxygen atoms in total. The summed E-state index contributed by atoms with van der Waals surface area (Å²) in [6, 6.07) is 1.76. The number of aromatic nitrogens is 3. The number of nitrogens with zero attached hydrogens (tertiary/aromatic N) is 5. The van der Waals surface area contributed by atoms with Crippen LogP contribution in [-0.4, -0.2) is 50.5 Å². The highest BCUT2D eigenvalue weighted by Crippen LogP contribution is 2.30. The Morgan fingerprint density at radius 3 is 3.03 bits per heavy atom. The van der Waals surface area contributed by atoms with Crippen LogP contribution in [0.3, 0.4) is 0 Å². The number of carboxylic acid groups (broad SMARTS) is 1. The van der Waals surface area contributed by atoms with Gasteiger partial charge < -0.3 is 15.7 Å². The number of aromatic carboxylic acids is 1. The SMILES string of the molecule is C=C(/C(CCCN)=N\C=C(/C)F)[C@H]1CCCN1c1ccn2ncc(C(=O)O)c2n1. The predicted molar refractivity (Wildman–Crippen MR) is 110 cm³/mol. The van der Waals surface area contributed by atoms with Crippen molar-refractivity contribution < 1.29 is 14.3 Å². The molecule has 3 N–H and O–H groups in total. The Labute approximate surface area is 168 Å². The lowest BCUT2D eigenvalue weighted by Gasteiger charge is -2.28. The molecule has 0 bridgehead atoms. The summed E-state index contributed by atoms with van der Waals surface area (Å²) in [7, 11) is 0. The van der Waals surface area contributed by atoms with Gasteiger partial charge in [-0.3, -0.25) is 4.99 Å². The molecule has 0 radical (unpaired) electrons. The molecule has 2 aromatic heterocycles. The molecule has 1 aliphatic rings. The van der Waals surface area contributed by atoms with Gasteiger partial charge in [0.2, 0.25) is 0 Å². The van der Waals surface area contributed by atoms with Crippen LogP contribution in [0.25, 0.3) is 5.65 Å². The fourth-order valence-electron chi connectivity index (χ4n) is 3.51. The van der Waals surface area contributed by atoms with E-state index in [1.807, 2.05) is 0 Å². The molecule has 154 valence electrons. The van der Waals surface area contributed by atoms with Crippen LogP contribution < -0.4 is 10.6 Å². The second-order valence-corrected chi connectivity index (χ2v) is 6.98. The van der Waals surface area contributed by atoms with Gasteiger partial charge in [0.1, 0.15) is 17.2 Å². The van der Waals surface area contributed by atoms with Gasteiger partial charge in [0, 0.05) is 18.5 Å². The van der Waals surface area contributed by atoms with E-state index in [1.165, 1.54) is 23.8 Å². The molecule has 1 aliphatic heterocycles. The smallest absolute Gasteiger partial charge is 0.341 e. The summed E-state index contributed by atoms with van der Waals surface area (Å²) in [6.07, 6.45) is 7.32. The van der Waals surface area contributed by atoms with Gasteiger partial charge in [-0.05, 0) is 50.8 Å². The minimum absolute atomic E-state index is 0.0500. The molecule has 1 atom stereocenters. The summed E-state index contributed by atoms with van der Waals surface area (Å²) in [5, 5.41) is 13.4. The number of allylic oxidation sites excluding steroid dienone is 1. The third kappa shape index (κ3) is 4.51. The first-order valence-electron chi connectivity index (χ1n) is 9.55. The molecular weight excluding hydrogens is 375 g/mol. The number of halogens is 1. The number of carboxylic acids is 1. The van der Waals surface area contributed by atoms with Crippen molar-refractivity contribution in [1.82, 2.24) is 14.6 Å². The quantitative estimate of drug-likeness (QED) is 0.660. The Hall–Kier alpha value is -3.07. The minimum Gasteiger partial charge on any atom is -0.477 e. The molecule has 2 aromatic rings. The zero-order chi connectivity index (χ0) is 21.0. The van der Waals surface area contributed by atoms with Crippen molar-refractivity contribution in [3.05, 3.63) is 48.2 Å². The van der Waals surface area contributed by atoms with Gasteiger partial charge in [-0.25, -0.2) is 18.7 Å². The van der Waals surface area contributed by atoms with Gasteiger partial charge in [0.05, 0.1) is 18.4 Å². The zero-order valence-electron chi connectivity index (χ0n) is 16.4. The standard InChI is InChI=1S/C20H25FN6O2/c1-13(21)11-23-16(5-3-8-22)14(2)17-6-4-9-26(17)18-7-10-27-19(25-18)15(12-24-27)20(28)29/h7,10-12,17H,2-6,8-9,22H2,1H3,(H,28,29)/b13-11+,23-16-/t17-/m1/s1. The molecule has 29 heavy (non-hydrogen) atoms. The normalized spacial score (nSPS) is 17.9. The lowest BCUT2D eigenvalue weighted by atomic mass is 9.98. The van der Waals surface area contributed by atoms with Crippen LogP contribution in [0.5, 0.6) is 0 Å². The van der Waals surface area contributed by atoms with E-state index in [-0.39, 0.29) is 17.4 Å². The molecule has 3 heterocycles. The molecule has 0 aromatic carbocycles. The number of rotatable bonds is 8. The molecule has 0 saturated carbocycles. The van der Waals surface area contributed by atoms with Gasteiger partial charge in [0.15, 0.2) is 5.65 Å². The fourth-order valence-corrected chi connectivity index (χ4v) is 3.51. The minimum atomic E-state index is -1.07. The summed E-state index contributed by atoms with van der Waals surface area (Å²) >= 11 is 0. The van der Waals surface area contributed by atoms with Crippen molar-refractivity contribution in [3.63, 3.8) is 0 Å². The van der Waals surface area contributed by atoms with Gasteiger partial charge in [-0.2, -0.15) is 5.10 Å². The Kier molecular flexibility index (Phi) is 6.38. The second-order valence-electron chi connectivity index (χ2n) is 6.98. The van der Waals surface area contributed by atoms with Crippen LogP contribution >= 0.6 is 0 Å². The Morgan fingerprint density at radius 1 is 1.55 bits per heavy atom. The van der Waals surface area contributed by atoms with Crippen LogP contribution in [0.4, 0.5) is 10.2 Å². The number of aliphatic imine (C=N–C) groups is 1. The topological polar surface area (TPSA) is 109 Å². The van der Waals surface area contributed by atoms with Crippen molar-refractivity contribution in [3.8, 4) is 0 Å². The van der Waals surface area contributed by atoms with Crippen molar-refractivity contribution >= 4 is 23.1 Å². The van der Waals surface area contributed by atoms with Crippen LogP contribution in [0.1, 0.15) is 43.0 Å². The molecule has 0 amide bonds. The number of hydrogen-bond donors (Lipinski definition) is 2. The zero-order valence-corrected chi connectivity index (χ0v) is 16.4. The van der Waals surface area contributed by atoms with Crippen LogP contribution in [-0.2, 0) is 0 Å². The van der Waals surface area contributed by atoms with E-state index in [2.05, 4.69) is 26.6 Å². The summed E-state index contributed by atoms with van der Waals surface area (Å²) in [4.78, 5) is 22.3. The van der Waals surface area contributed by atoms with Crippen LogP contribution in [0, 0.1) is 0 Å². The van der Waals surface area contributed by atoms with Crippen molar-refractivity contribution in [2.45, 2.75) is 38.6 Å². The first-order valence-corrected chi connectivity index (χ1v) is 9.55. The average molecular weight is 400 g/mol. The first-order chi connectivity index (χ1) is 13.9. The molecule has 1 fully saturated rings. The molecule has 0 aliphatic carbocycles. The number of carbonyl (C=O) groups is 1. The van der Waals surface area contributed by atoms with Crippen LogP contribution in [0.15, 0.2) is 47.6 Å². The van der Waals surface area contributed by atoms with E-state index >= 15 is 0 Å². The van der Waals surface area contributed by atoms with E-state index in [0.29, 0.717) is 24.4 Å². The number of anilines is 1. The monoisotopic (exact) mass is 400 g/mol. The maximum atomic E-state index is 13.2. The van der Waals surface area contributed by atoms with Crippen molar-refractivity contribution in [2.75, 3.05) is 18.0 Å². The Morgan fingerprint density at radius 2 is 2.34 bits per heavy atom. The maximum absolute atomic E-state index is 13.2. The molecule has 0 unspecified atom stereocenters. The number of nitrogens with two attached hydrogens (primary N) is 1. The van der Waals surface area contributed by atoms with Crippen molar-refractivity contribution in [2.24, 2.45) is 10.7 Å². The first kappa shape index (κ1) is 20.7. The van der Waals surface area contributed by atoms with Crippen LogP contribution in [0.2, 0.25) is 0 Å². The van der Waals surface area contributed by atoms with Gasteiger partial charge in [0.25, 0.3) is 0 Å². The Bertz CT molecular complexity index is 977. The molecule has 9 heteroatoms. The molecule has 1 saturated heterocycles. The van der Waals surface area contributed by atoms with Gasteiger partial charge >= 0.3 is 5.97 Å². The largest absolute Gasteiger partial charge is 0.477 e. The van der Waals surface area contributed by atoms with E-state index < -0.39 is 5.97 Å². The second kappa shape index (κ2) is 8.95. The molecule has 3 rings (SSSR count). The summed E-state index contributed by atoms with van der Waals surface area (Å²) in [5.41, 5.74) is 7.51. The maximum Gasteiger partial charge on any atom is 0.341 e. The van der Waals surface area contributed by atoms with E-state index in [9.17, 15) is 14.3 Å². The lowest BCUT2D eigenvalue weighted by Crippen LogP contribution is -2.34. The average Bonchev–Trinajstić information content (AvgIpc) is 3.33. The lowest BCUT2D eigenvalue weighted by molar-refractivity contribution is 0.0698. The third-order valence-corrected chi connectivity index (χ3v) is 4.92. The highest BCUT2D eigenvalue weighted by Gasteiger charge is 2.30. The summed E-state index contributed by atoms with van der Waals surface area (Å²) < 4.78 is 14.7. The van der Waals surface area contributed by atoms with Gasteiger partial charge in [-0.1, -0.05) is 6.58 Å². The number of fused-ring (bicyclic) bond motifs is 1. The van der Waals surface area contributed by atoms with E-state index in [0.717, 1.165) is 37.1 Å². The fraction of sp³-hybridized carbons (Fsp3) is 0.400. The summed E-state index contributed by atoms with van der Waals surface area (Å²) in [5.74, 6) is -0.795. The van der Waals surface area contributed by atoms with Crippen molar-refractivity contribution in [1.29, 1.82) is 0 Å². The molecular formula is C20H25FN6O2. The summed E-state index contributed by atoms with van der Waals surface area (Å²) in [6.45, 7) is 6.85. The van der Waals surface area contributed by atoms with E-state index in [1.54, 1.807) is 12.3 Å². The Balaban J connectivity index is 1.92. The predicted octanol–water partition coefficient (Wildman–Crippen LogP) is 2.96. The van der Waals surface area contributed by atoms with Gasteiger partial charge in [-0.15, -0.1) is 0 Å². The highest BCUT2D eigenvalue weighted by atomic mass is 19.1. The number of hydrogen-bond acceptors (Lipinski definition) is 6. The molecule has 0 spiro atoms. The highest BCUT2D eigenvalue weighted by molar-refractivity contribution is 6.01.